The number of fused-ring (bicyclic) bond motifs is 2. The number of amides is 1. The number of anilines is 1. The summed E-state index contributed by atoms with van der Waals surface area (Å²) in [6.45, 7) is 2.64. The monoisotopic (exact) mass is 320 g/mol. The van der Waals surface area contributed by atoms with Gasteiger partial charge in [0.25, 0.3) is 0 Å². The fourth-order valence-electron chi connectivity index (χ4n) is 4.17. The fraction of sp³-hybridized carbons (Fsp3) is 0.381. The van der Waals surface area contributed by atoms with Gasteiger partial charge >= 0.3 is 0 Å². The number of rotatable bonds is 3. The van der Waals surface area contributed by atoms with E-state index in [0.29, 0.717) is 12.6 Å². The van der Waals surface area contributed by atoms with Crippen LogP contribution in [0.4, 0.5) is 5.69 Å². The van der Waals surface area contributed by atoms with Crippen LogP contribution in [0.15, 0.2) is 48.5 Å². The van der Waals surface area contributed by atoms with Gasteiger partial charge < -0.3 is 10.2 Å². The largest absolute Gasteiger partial charge is 0.359 e. The minimum Gasteiger partial charge on any atom is -0.359 e. The molecule has 2 atom stereocenters. The number of benzene rings is 2. The molecule has 2 aliphatic rings. The molecular formula is C21H24N2O. The lowest BCUT2D eigenvalue weighted by Crippen LogP contribution is -2.42. The zero-order valence-electron chi connectivity index (χ0n) is 14.2. The topological polar surface area (TPSA) is 32.3 Å². The first kappa shape index (κ1) is 15.3. The van der Waals surface area contributed by atoms with Crippen molar-refractivity contribution < 1.29 is 4.79 Å². The van der Waals surface area contributed by atoms with Gasteiger partial charge in [-0.2, -0.15) is 0 Å². The van der Waals surface area contributed by atoms with Crippen molar-refractivity contribution >= 4 is 11.6 Å². The van der Waals surface area contributed by atoms with Gasteiger partial charge in [-0.25, -0.2) is 0 Å². The fourth-order valence-corrected chi connectivity index (χ4v) is 4.17. The van der Waals surface area contributed by atoms with E-state index < -0.39 is 0 Å². The van der Waals surface area contributed by atoms with Gasteiger partial charge in [-0.15, -0.1) is 0 Å². The molecule has 1 aliphatic carbocycles. The number of carbonyl (C=O) groups excluding carboxylic acids is 1. The van der Waals surface area contributed by atoms with Gasteiger partial charge in [0.1, 0.15) is 0 Å². The third kappa shape index (κ3) is 2.79. The summed E-state index contributed by atoms with van der Waals surface area (Å²) in [5.41, 5.74) is 5.24. The van der Waals surface area contributed by atoms with E-state index in [1.165, 1.54) is 22.4 Å². The van der Waals surface area contributed by atoms with E-state index >= 15 is 0 Å². The van der Waals surface area contributed by atoms with Crippen LogP contribution in [0.1, 0.15) is 42.5 Å². The number of nitrogens with zero attached hydrogens (tertiary/aromatic N) is 1. The zero-order valence-corrected chi connectivity index (χ0v) is 14.2. The number of para-hydroxylation sites is 1. The maximum absolute atomic E-state index is 12.7. The summed E-state index contributed by atoms with van der Waals surface area (Å²) < 4.78 is 0. The van der Waals surface area contributed by atoms with Crippen LogP contribution >= 0.6 is 0 Å². The second-order valence-electron chi connectivity index (χ2n) is 7.02. The molecule has 1 amide bonds. The van der Waals surface area contributed by atoms with Crippen molar-refractivity contribution in [3.63, 3.8) is 0 Å². The third-order valence-corrected chi connectivity index (χ3v) is 5.37. The lowest BCUT2D eigenvalue weighted by atomic mass is 9.88. The average molecular weight is 320 g/mol. The molecule has 0 aromatic heterocycles. The van der Waals surface area contributed by atoms with Crippen LogP contribution in [0.2, 0.25) is 0 Å². The number of aryl methyl sites for hydroxylation is 1. The molecule has 0 saturated carbocycles. The second-order valence-corrected chi connectivity index (χ2v) is 7.02. The number of nitrogens with one attached hydrogen (secondary N) is 1. The Morgan fingerprint density at radius 1 is 1.12 bits per heavy atom. The molecule has 0 bridgehead atoms. The van der Waals surface area contributed by atoms with Crippen LogP contribution in [-0.2, 0) is 17.6 Å². The molecule has 4 rings (SSSR count). The molecule has 0 spiro atoms. The number of hydrogen-bond donors (Lipinski definition) is 1. The van der Waals surface area contributed by atoms with Crippen LogP contribution < -0.4 is 10.2 Å². The van der Waals surface area contributed by atoms with Gasteiger partial charge in [0.05, 0.1) is 12.6 Å². The smallest absolute Gasteiger partial charge is 0.240 e. The van der Waals surface area contributed by atoms with Gasteiger partial charge in [0.2, 0.25) is 5.91 Å². The summed E-state index contributed by atoms with van der Waals surface area (Å²) in [5, 5.41) is 3.27. The van der Waals surface area contributed by atoms with E-state index in [0.717, 1.165) is 25.7 Å². The molecule has 2 aromatic rings. The van der Waals surface area contributed by atoms with Gasteiger partial charge in [0.15, 0.2) is 0 Å². The minimum atomic E-state index is 0.125. The van der Waals surface area contributed by atoms with Crippen LogP contribution in [0.25, 0.3) is 0 Å². The first-order chi connectivity index (χ1) is 11.7. The third-order valence-electron chi connectivity index (χ3n) is 5.37. The maximum Gasteiger partial charge on any atom is 0.240 e. The van der Waals surface area contributed by atoms with E-state index in [9.17, 15) is 4.79 Å². The summed E-state index contributed by atoms with van der Waals surface area (Å²) in [6, 6.07) is 17.5. The van der Waals surface area contributed by atoms with Crippen LogP contribution in [0.3, 0.4) is 0 Å². The Hall–Kier alpha value is -2.29. The Bertz CT molecular complexity index is 755. The highest BCUT2D eigenvalue weighted by molar-refractivity contribution is 5.83. The van der Waals surface area contributed by atoms with Crippen molar-refractivity contribution in [1.29, 1.82) is 0 Å². The molecule has 124 valence electrons. The summed E-state index contributed by atoms with van der Waals surface area (Å²) in [5.74, 6) is 0.125. The highest BCUT2D eigenvalue weighted by Crippen LogP contribution is 2.32. The molecule has 24 heavy (non-hydrogen) atoms. The number of hydrogen-bond acceptors (Lipinski definition) is 2. The SMILES string of the molecule is C[C@H]1Cc2ccccc2N1CC(=O)N[C@H]1CCCc2ccccc21. The van der Waals surface area contributed by atoms with Gasteiger partial charge in [-0.1, -0.05) is 42.5 Å². The van der Waals surface area contributed by atoms with Gasteiger partial charge in [0, 0.05) is 11.7 Å². The van der Waals surface area contributed by atoms with Crippen LogP contribution in [-0.4, -0.2) is 18.5 Å². The molecule has 0 saturated heterocycles. The van der Waals surface area contributed by atoms with E-state index in [-0.39, 0.29) is 11.9 Å². The lowest BCUT2D eigenvalue weighted by molar-refractivity contribution is -0.120. The van der Waals surface area contributed by atoms with E-state index in [4.69, 9.17) is 0 Å². The first-order valence-electron chi connectivity index (χ1n) is 8.94. The summed E-state index contributed by atoms with van der Waals surface area (Å²) in [7, 11) is 0. The predicted octanol–water partition coefficient (Wildman–Crippen LogP) is 3.63. The quantitative estimate of drug-likeness (QED) is 0.936. The Labute approximate surface area is 143 Å². The van der Waals surface area contributed by atoms with Crippen LogP contribution in [0.5, 0.6) is 0 Å². The highest BCUT2D eigenvalue weighted by atomic mass is 16.2. The summed E-state index contributed by atoms with van der Waals surface area (Å²) >= 11 is 0. The minimum absolute atomic E-state index is 0.125. The van der Waals surface area contributed by atoms with Crippen molar-refractivity contribution in [2.24, 2.45) is 0 Å². The Morgan fingerprint density at radius 3 is 2.75 bits per heavy atom. The summed E-state index contributed by atoms with van der Waals surface area (Å²) in [6.07, 6.45) is 4.33. The van der Waals surface area contributed by atoms with Crippen molar-refractivity contribution in [2.45, 2.75) is 44.7 Å². The van der Waals surface area contributed by atoms with E-state index in [1.807, 2.05) is 0 Å². The van der Waals surface area contributed by atoms with Crippen molar-refractivity contribution in [2.75, 3.05) is 11.4 Å². The summed E-state index contributed by atoms with van der Waals surface area (Å²) in [4.78, 5) is 14.9. The molecule has 1 heterocycles. The molecule has 0 unspecified atom stereocenters. The first-order valence-corrected chi connectivity index (χ1v) is 8.94. The molecule has 3 nitrogen and oxygen atoms in total. The molecule has 2 aromatic carbocycles. The average Bonchev–Trinajstić information content (AvgIpc) is 2.91. The molecule has 0 radical (unpaired) electrons. The lowest BCUT2D eigenvalue weighted by Gasteiger charge is -2.29. The Balaban J connectivity index is 1.47. The second kappa shape index (κ2) is 6.31. The van der Waals surface area contributed by atoms with Crippen LogP contribution in [0, 0.1) is 0 Å². The molecular weight excluding hydrogens is 296 g/mol. The zero-order chi connectivity index (χ0) is 16.5. The van der Waals surface area contributed by atoms with Gasteiger partial charge in [-0.3, -0.25) is 4.79 Å². The normalized spacial score (nSPS) is 22.0. The Kier molecular flexibility index (Phi) is 4.01. The maximum atomic E-state index is 12.7. The molecule has 1 N–H and O–H groups in total. The van der Waals surface area contributed by atoms with Gasteiger partial charge in [-0.05, 0) is 55.4 Å². The molecule has 1 aliphatic heterocycles. The highest BCUT2D eigenvalue weighted by Gasteiger charge is 2.28. The standard InChI is InChI=1S/C21H24N2O/c1-15-13-17-8-3-5-12-20(17)23(15)14-21(24)22-19-11-6-9-16-7-2-4-10-18(16)19/h2-5,7-8,10,12,15,19H,6,9,11,13-14H2,1H3,(H,22,24)/t15-,19-/m0/s1. The van der Waals surface area contributed by atoms with Crippen molar-refractivity contribution in [3.05, 3.63) is 65.2 Å². The molecule has 0 fully saturated rings. The van der Waals surface area contributed by atoms with Crippen molar-refractivity contribution in [1.82, 2.24) is 5.32 Å². The number of carbonyl (C=O) groups is 1. The van der Waals surface area contributed by atoms with E-state index in [1.54, 1.807) is 0 Å². The van der Waals surface area contributed by atoms with E-state index in [2.05, 4.69) is 65.7 Å². The Morgan fingerprint density at radius 2 is 1.88 bits per heavy atom. The molecule has 3 heteroatoms. The predicted molar refractivity (Wildman–Crippen MR) is 97.2 cm³/mol. The van der Waals surface area contributed by atoms with Crippen molar-refractivity contribution in [3.8, 4) is 0 Å².